The van der Waals surface area contributed by atoms with E-state index in [1.54, 1.807) is 31.5 Å². The number of nitrogens with one attached hydrogen (secondary N) is 1. The zero-order valence-electron chi connectivity index (χ0n) is 19.4. The highest BCUT2D eigenvalue weighted by Crippen LogP contribution is 2.22. The summed E-state index contributed by atoms with van der Waals surface area (Å²) in [6.45, 7) is 0.463. The number of ether oxygens (including phenoxy) is 1. The monoisotopic (exact) mass is 499 g/mol. The second-order valence-corrected chi connectivity index (χ2v) is 8.65. The Morgan fingerprint density at radius 1 is 1.08 bits per heavy atom. The SMILES string of the molecule is COc1ccc2c(=O)n(CC(=O)N/N=C/c3cn(Cc4ccc(Cl)cc4)c4ccccc34)cnc2c1. The molecule has 0 spiro atoms. The number of hydrogen-bond donors (Lipinski definition) is 1. The molecular weight excluding hydrogens is 478 g/mol. The lowest BCUT2D eigenvalue weighted by atomic mass is 10.2. The summed E-state index contributed by atoms with van der Waals surface area (Å²) in [7, 11) is 1.55. The number of hydrogen-bond acceptors (Lipinski definition) is 5. The predicted molar refractivity (Wildman–Crippen MR) is 141 cm³/mol. The van der Waals surface area contributed by atoms with Gasteiger partial charge in [-0.1, -0.05) is 41.9 Å². The molecule has 8 nitrogen and oxygen atoms in total. The molecule has 1 N–H and O–H groups in total. The Morgan fingerprint density at radius 3 is 2.69 bits per heavy atom. The van der Waals surface area contributed by atoms with Crippen LogP contribution in [0.2, 0.25) is 5.02 Å². The van der Waals surface area contributed by atoms with Crippen LogP contribution in [0.3, 0.4) is 0 Å². The van der Waals surface area contributed by atoms with E-state index >= 15 is 0 Å². The van der Waals surface area contributed by atoms with Gasteiger partial charge in [0.05, 0.1) is 30.6 Å². The number of benzene rings is 3. The molecule has 0 aliphatic carbocycles. The minimum Gasteiger partial charge on any atom is -0.497 e. The van der Waals surface area contributed by atoms with E-state index < -0.39 is 5.91 Å². The minimum absolute atomic E-state index is 0.205. The summed E-state index contributed by atoms with van der Waals surface area (Å²) in [5.41, 5.74) is 5.72. The van der Waals surface area contributed by atoms with Gasteiger partial charge in [0.15, 0.2) is 0 Å². The van der Waals surface area contributed by atoms with Gasteiger partial charge in [0, 0.05) is 40.3 Å². The van der Waals surface area contributed by atoms with Crippen molar-refractivity contribution >= 4 is 45.5 Å². The maximum Gasteiger partial charge on any atom is 0.261 e. The van der Waals surface area contributed by atoms with Gasteiger partial charge in [-0.25, -0.2) is 10.4 Å². The van der Waals surface area contributed by atoms with Gasteiger partial charge in [-0.3, -0.25) is 14.2 Å². The summed E-state index contributed by atoms with van der Waals surface area (Å²) >= 11 is 6.01. The van der Waals surface area contributed by atoms with E-state index in [0.29, 0.717) is 28.2 Å². The third-order valence-electron chi connectivity index (χ3n) is 5.82. The van der Waals surface area contributed by atoms with E-state index in [1.807, 2.05) is 54.7 Å². The topological polar surface area (TPSA) is 90.5 Å². The van der Waals surface area contributed by atoms with Crippen LogP contribution in [-0.4, -0.2) is 33.3 Å². The number of nitrogens with zero attached hydrogens (tertiary/aromatic N) is 4. The molecule has 0 saturated heterocycles. The molecule has 36 heavy (non-hydrogen) atoms. The maximum absolute atomic E-state index is 12.7. The number of carbonyl (C=O) groups is 1. The number of para-hydroxylation sites is 1. The molecule has 0 saturated carbocycles. The van der Waals surface area contributed by atoms with E-state index in [1.165, 1.54) is 10.9 Å². The Labute approximate surface area is 211 Å². The molecule has 0 atom stereocenters. The van der Waals surface area contributed by atoms with E-state index in [0.717, 1.165) is 22.0 Å². The Bertz CT molecular complexity index is 1650. The Balaban J connectivity index is 1.31. The lowest BCUT2D eigenvalue weighted by molar-refractivity contribution is -0.121. The minimum atomic E-state index is -0.437. The fraction of sp³-hybridized carbons (Fsp3) is 0.111. The largest absolute Gasteiger partial charge is 0.497 e. The van der Waals surface area contributed by atoms with Crippen molar-refractivity contribution in [2.45, 2.75) is 13.1 Å². The summed E-state index contributed by atoms with van der Waals surface area (Å²) < 4.78 is 8.53. The van der Waals surface area contributed by atoms with Gasteiger partial charge in [0.2, 0.25) is 0 Å². The Hall–Kier alpha value is -4.43. The predicted octanol–water partition coefficient (Wildman–Crippen LogP) is 4.21. The summed E-state index contributed by atoms with van der Waals surface area (Å²) in [4.78, 5) is 29.5. The third kappa shape index (κ3) is 4.85. The van der Waals surface area contributed by atoms with Crippen molar-refractivity contribution in [3.05, 3.63) is 106 Å². The van der Waals surface area contributed by atoms with Crippen molar-refractivity contribution in [3.8, 4) is 5.75 Å². The van der Waals surface area contributed by atoms with Crippen molar-refractivity contribution in [2.75, 3.05) is 7.11 Å². The zero-order valence-corrected chi connectivity index (χ0v) is 20.1. The summed E-state index contributed by atoms with van der Waals surface area (Å²) in [5, 5.41) is 6.24. The van der Waals surface area contributed by atoms with Crippen molar-refractivity contribution in [2.24, 2.45) is 5.10 Å². The van der Waals surface area contributed by atoms with Gasteiger partial charge in [-0.15, -0.1) is 0 Å². The van der Waals surface area contributed by atoms with E-state index in [2.05, 4.69) is 20.1 Å². The standard InChI is InChI=1S/C27H22ClN5O3/c1-36-21-10-11-23-24(12-21)29-17-33(27(23)35)16-26(34)31-30-13-19-15-32(25-5-3-2-4-22(19)25)14-18-6-8-20(28)9-7-18/h2-13,15,17H,14,16H2,1H3,(H,31,34)/b30-13+. The molecule has 0 bridgehead atoms. The highest BCUT2D eigenvalue weighted by Gasteiger charge is 2.10. The number of fused-ring (bicyclic) bond motifs is 2. The molecule has 1 amide bonds. The molecule has 5 rings (SSSR count). The third-order valence-corrected chi connectivity index (χ3v) is 6.08. The number of halogens is 1. The summed E-state index contributed by atoms with van der Waals surface area (Å²) in [6, 6.07) is 20.7. The summed E-state index contributed by atoms with van der Waals surface area (Å²) in [6.07, 6.45) is 4.94. The van der Waals surface area contributed by atoms with Crippen LogP contribution in [0.1, 0.15) is 11.1 Å². The smallest absolute Gasteiger partial charge is 0.261 e. The van der Waals surface area contributed by atoms with E-state index in [-0.39, 0.29) is 12.1 Å². The number of rotatable bonds is 7. The van der Waals surface area contributed by atoms with Crippen LogP contribution < -0.4 is 15.7 Å². The van der Waals surface area contributed by atoms with Gasteiger partial charge in [0.25, 0.3) is 11.5 Å². The normalized spacial score (nSPS) is 11.4. The van der Waals surface area contributed by atoms with Crippen molar-refractivity contribution in [1.82, 2.24) is 19.5 Å². The molecule has 2 heterocycles. The molecule has 3 aromatic carbocycles. The molecule has 0 unspecified atom stereocenters. The van der Waals surface area contributed by atoms with Crippen LogP contribution in [0.4, 0.5) is 0 Å². The van der Waals surface area contributed by atoms with Gasteiger partial charge < -0.3 is 9.30 Å². The molecular formula is C27H22ClN5O3. The molecule has 180 valence electrons. The number of carbonyl (C=O) groups excluding carboxylic acids is 1. The fourth-order valence-electron chi connectivity index (χ4n) is 4.04. The number of hydrazone groups is 1. The Kier molecular flexibility index (Phi) is 6.51. The zero-order chi connectivity index (χ0) is 25.1. The molecule has 0 aliphatic heterocycles. The molecule has 9 heteroatoms. The average molecular weight is 500 g/mol. The number of methoxy groups -OCH3 is 1. The van der Waals surface area contributed by atoms with Crippen LogP contribution in [0, 0.1) is 0 Å². The van der Waals surface area contributed by atoms with E-state index in [9.17, 15) is 9.59 Å². The lowest BCUT2D eigenvalue weighted by Gasteiger charge is -2.06. The quantitative estimate of drug-likeness (QED) is 0.268. The van der Waals surface area contributed by atoms with Crippen LogP contribution in [0.15, 0.2) is 89.2 Å². The van der Waals surface area contributed by atoms with Crippen LogP contribution in [0.25, 0.3) is 21.8 Å². The number of aromatic nitrogens is 3. The van der Waals surface area contributed by atoms with Gasteiger partial charge in [0.1, 0.15) is 12.3 Å². The molecule has 0 aliphatic rings. The van der Waals surface area contributed by atoms with Gasteiger partial charge in [-0.05, 0) is 35.9 Å². The van der Waals surface area contributed by atoms with Gasteiger partial charge in [-0.2, -0.15) is 5.10 Å². The van der Waals surface area contributed by atoms with Crippen molar-refractivity contribution in [1.29, 1.82) is 0 Å². The molecule has 0 radical (unpaired) electrons. The lowest BCUT2D eigenvalue weighted by Crippen LogP contribution is -2.30. The fourth-order valence-corrected chi connectivity index (χ4v) is 4.16. The van der Waals surface area contributed by atoms with Gasteiger partial charge >= 0.3 is 0 Å². The Morgan fingerprint density at radius 2 is 1.89 bits per heavy atom. The first-order chi connectivity index (χ1) is 17.5. The highest BCUT2D eigenvalue weighted by atomic mass is 35.5. The van der Waals surface area contributed by atoms with Crippen LogP contribution >= 0.6 is 11.6 Å². The first-order valence-electron chi connectivity index (χ1n) is 11.2. The summed E-state index contributed by atoms with van der Waals surface area (Å²) in [5.74, 6) is 0.168. The second kappa shape index (κ2) is 10.1. The highest BCUT2D eigenvalue weighted by molar-refractivity contribution is 6.30. The number of amides is 1. The second-order valence-electron chi connectivity index (χ2n) is 8.21. The van der Waals surface area contributed by atoms with Crippen molar-refractivity contribution < 1.29 is 9.53 Å². The van der Waals surface area contributed by atoms with Crippen molar-refractivity contribution in [3.63, 3.8) is 0 Å². The first kappa shape index (κ1) is 23.3. The van der Waals surface area contributed by atoms with E-state index in [4.69, 9.17) is 16.3 Å². The molecule has 5 aromatic rings. The molecule has 2 aromatic heterocycles. The average Bonchev–Trinajstić information content (AvgIpc) is 3.24. The maximum atomic E-state index is 12.7. The first-order valence-corrected chi connectivity index (χ1v) is 11.6. The van der Waals surface area contributed by atoms with Crippen LogP contribution in [-0.2, 0) is 17.9 Å². The molecule has 0 fully saturated rings. The van der Waals surface area contributed by atoms with Crippen LogP contribution in [0.5, 0.6) is 5.75 Å².